The van der Waals surface area contributed by atoms with Gasteiger partial charge in [0.15, 0.2) is 0 Å². The smallest absolute Gasteiger partial charge is 0.0541 e. The first-order valence-corrected chi connectivity index (χ1v) is 23.9. The second-order valence-corrected chi connectivity index (χ2v) is 19.9. The van der Waals surface area contributed by atoms with Crippen molar-refractivity contribution in [2.24, 2.45) is 23.2 Å². The molecule has 312 valence electrons. The summed E-state index contributed by atoms with van der Waals surface area (Å²) in [6.07, 6.45) is 8.76. The Labute approximate surface area is 381 Å². The van der Waals surface area contributed by atoms with Gasteiger partial charge in [-0.05, 0) is 172 Å². The van der Waals surface area contributed by atoms with Gasteiger partial charge in [0.05, 0.1) is 16.7 Å². The van der Waals surface area contributed by atoms with E-state index >= 15 is 0 Å². The predicted molar refractivity (Wildman–Crippen MR) is 272 cm³/mol. The van der Waals surface area contributed by atoms with Gasteiger partial charge < -0.3 is 9.47 Å². The lowest BCUT2D eigenvalue weighted by Gasteiger charge is -2.78. The zero-order valence-corrected chi connectivity index (χ0v) is 36.6. The van der Waals surface area contributed by atoms with Crippen LogP contribution in [0.1, 0.15) is 44.1 Å². The van der Waals surface area contributed by atoms with E-state index in [-0.39, 0.29) is 0 Å². The highest BCUT2D eigenvalue weighted by atomic mass is 15.1. The molecule has 1 spiro atoms. The largest absolute Gasteiger partial charge is 0.310 e. The number of nitrogens with zero attached hydrogens (tertiary/aromatic N) is 2. The molecule has 9 aromatic carbocycles. The van der Waals surface area contributed by atoms with E-state index in [9.17, 15) is 0 Å². The van der Waals surface area contributed by atoms with Gasteiger partial charge in [0, 0.05) is 33.4 Å². The summed E-state index contributed by atoms with van der Waals surface area (Å²) in [6, 6.07) is 79.0. The summed E-state index contributed by atoms with van der Waals surface area (Å²) in [7, 11) is 0. The first-order chi connectivity index (χ1) is 32.1. The molecule has 0 N–H and O–H groups in total. The Bertz CT molecular complexity index is 3390. The van der Waals surface area contributed by atoms with Crippen molar-refractivity contribution in [3.8, 4) is 39.1 Å². The van der Waals surface area contributed by atoms with E-state index in [0.717, 1.165) is 40.2 Å². The highest BCUT2D eigenvalue weighted by Crippen LogP contribution is 2.80. The minimum absolute atomic E-state index is 0.410. The number of benzene rings is 9. The molecular weight excluding hydrogens is 785 g/mol. The van der Waals surface area contributed by atoms with E-state index in [0.29, 0.717) is 5.41 Å². The third-order valence-corrected chi connectivity index (χ3v) is 17.0. The highest BCUT2D eigenvalue weighted by molar-refractivity contribution is 6.09. The predicted octanol–water partition coefficient (Wildman–Crippen LogP) is 16.9. The summed E-state index contributed by atoms with van der Waals surface area (Å²) in [6.45, 7) is 0. The Kier molecular flexibility index (Phi) is 8.12. The van der Waals surface area contributed by atoms with E-state index in [2.05, 4.69) is 222 Å². The Hall–Kier alpha value is -7.16. The van der Waals surface area contributed by atoms with Gasteiger partial charge in [0.2, 0.25) is 0 Å². The van der Waals surface area contributed by atoms with E-state index in [1.165, 1.54) is 110 Å². The molecule has 15 rings (SSSR count). The summed E-state index contributed by atoms with van der Waals surface area (Å²) in [5.74, 6) is 3.06. The zero-order chi connectivity index (χ0) is 42.7. The lowest BCUT2D eigenvalue weighted by Crippen LogP contribution is -2.71. The Morgan fingerprint density at radius 2 is 0.969 bits per heavy atom. The molecule has 0 unspecified atom stereocenters. The molecule has 0 aliphatic heterocycles. The zero-order valence-electron chi connectivity index (χ0n) is 36.6. The fraction of sp³-hybridized carbons (Fsp3) is 0.175. The molecule has 0 radical (unpaired) electrons. The minimum atomic E-state index is 0.410. The monoisotopic (exact) mass is 834 g/mol. The SMILES string of the molecule is c1cc(-c2ccccc2-n2c3ccccc3c3ccccc32)cc(N(c2ccc(-c3ccc(C45CCC67C(C[C@H]6C4)C[C@H]7C5)cc3)cc2)c2ccc(-c3ccc4ccccc4c3)cc2)c1. The van der Waals surface area contributed by atoms with Gasteiger partial charge in [0.1, 0.15) is 0 Å². The maximum absolute atomic E-state index is 2.49. The Balaban J connectivity index is 0.838. The van der Waals surface area contributed by atoms with Gasteiger partial charge in [0.25, 0.3) is 0 Å². The molecule has 2 nitrogen and oxygen atoms in total. The van der Waals surface area contributed by atoms with Crippen molar-refractivity contribution in [3.63, 3.8) is 0 Å². The fourth-order valence-corrected chi connectivity index (χ4v) is 13.9. The molecule has 2 atom stereocenters. The Morgan fingerprint density at radius 1 is 0.400 bits per heavy atom. The number of rotatable bonds is 8. The average Bonchev–Trinajstić information content (AvgIpc) is 3.70. The number of para-hydroxylation sites is 3. The van der Waals surface area contributed by atoms with Crippen LogP contribution in [0.15, 0.2) is 212 Å². The number of hydrogen-bond donors (Lipinski definition) is 0. The lowest BCUT2D eigenvalue weighted by atomic mass is 9.26. The van der Waals surface area contributed by atoms with Crippen LogP contribution in [0.2, 0.25) is 0 Å². The van der Waals surface area contributed by atoms with Gasteiger partial charge in [-0.25, -0.2) is 0 Å². The molecule has 5 fully saturated rings. The molecular formula is C63H50N2. The maximum atomic E-state index is 2.49. The molecule has 65 heavy (non-hydrogen) atoms. The second kappa shape index (κ2) is 14.2. The number of fused-ring (bicyclic) bond motifs is 5. The summed E-state index contributed by atoms with van der Waals surface area (Å²) >= 11 is 0. The molecule has 10 aromatic rings. The first kappa shape index (κ1) is 37.2. The third kappa shape index (κ3) is 5.59. The normalized spacial score (nSPS) is 22.7. The van der Waals surface area contributed by atoms with E-state index in [4.69, 9.17) is 0 Å². The summed E-state index contributed by atoms with van der Waals surface area (Å²) < 4.78 is 2.44. The molecule has 2 heteroatoms. The second-order valence-electron chi connectivity index (χ2n) is 19.9. The van der Waals surface area contributed by atoms with Gasteiger partial charge in [-0.2, -0.15) is 0 Å². The van der Waals surface area contributed by atoms with E-state index < -0.39 is 0 Å². The van der Waals surface area contributed by atoms with Gasteiger partial charge >= 0.3 is 0 Å². The van der Waals surface area contributed by atoms with Crippen LogP contribution in [0.4, 0.5) is 17.1 Å². The van der Waals surface area contributed by atoms with Crippen LogP contribution in [-0.4, -0.2) is 4.57 Å². The molecule has 2 bridgehead atoms. The van der Waals surface area contributed by atoms with Gasteiger partial charge in [-0.3, -0.25) is 0 Å². The van der Waals surface area contributed by atoms with Crippen LogP contribution in [0.25, 0.3) is 71.6 Å². The average molecular weight is 835 g/mol. The highest BCUT2D eigenvalue weighted by Gasteiger charge is 2.73. The topological polar surface area (TPSA) is 8.17 Å². The molecule has 1 aromatic heterocycles. The van der Waals surface area contributed by atoms with Crippen molar-refractivity contribution in [1.29, 1.82) is 0 Å². The minimum Gasteiger partial charge on any atom is -0.310 e. The van der Waals surface area contributed by atoms with Crippen LogP contribution >= 0.6 is 0 Å². The number of anilines is 3. The molecule has 5 aliphatic carbocycles. The van der Waals surface area contributed by atoms with Crippen LogP contribution < -0.4 is 4.90 Å². The standard InChI is InChI=1S/C63H50N2/c1-2-11-46-36-47(21-20-42(46)10-1)45-26-32-54(33-27-45)64(53-30-24-44(25-31-53)43-22-28-49(29-23-43)62-34-35-63-50(38-51(63)40-62)39-52(63)41-62)55-13-9-12-48(37-55)56-14-3-6-17-59(56)65-60-18-7-4-15-57(60)58-16-5-8-19-61(58)65/h1-33,36-37,50-52H,34-35,38-41H2/t50?,51-,52-,62?,63?/m0/s1. The molecule has 0 saturated heterocycles. The summed E-state index contributed by atoms with van der Waals surface area (Å²) in [4.78, 5) is 2.42. The van der Waals surface area contributed by atoms with Crippen molar-refractivity contribution < 1.29 is 0 Å². The van der Waals surface area contributed by atoms with Crippen LogP contribution in [-0.2, 0) is 5.41 Å². The molecule has 1 heterocycles. The summed E-state index contributed by atoms with van der Waals surface area (Å²) in [5, 5.41) is 5.05. The molecule has 0 amide bonds. The molecule has 5 aliphatic rings. The van der Waals surface area contributed by atoms with Crippen LogP contribution in [0.3, 0.4) is 0 Å². The van der Waals surface area contributed by atoms with E-state index in [1.54, 1.807) is 5.56 Å². The van der Waals surface area contributed by atoms with Crippen LogP contribution in [0.5, 0.6) is 0 Å². The van der Waals surface area contributed by atoms with Crippen molar-refractivity contribution >= 4 is 49.6 Å². The quantitative estimate of drug-likeness (QED) is 0.148. The first-order valence-electron chi connectivity index (χ1n) is 23.9. The van der Waals surface area contributed by atoms with Crippen molar-refractivity contribution in [3.05, 3.63) is 218 Å². The van der Waals surface area contributed by atoms with Gasteiger partial charge in [-0.15, -0.1) is 0 Å². The van der Waals surface area contributed by atoms with Crippen molar-refractivity contribution in [2.75, 3.05) is 4.90 Å². The van der Waals surface area contributed by atoms with Crippen molar-refractivity contribution in [2.45, 2.75) is 43.9 Å². The summed E-state index contributed by atoms with van der Waals surface area (Å²) in [5.41, 5.74) is 17.1. The maximum Gasteiger partial charge on any atom is 0.0541 e. The molecule has 5 saturated carbocycles. The fourth-order valence-electron chi connectivity index (χ4n) is 13.9. The third-order valence-electron chi connectivity index (χ3n) is 17.0. The Morgan fingerprint density at radius 3 is 1.63 bits per heavy atom. The van der Waals surface area contributed by atoms with Gasteiger partial charge in [-0.1, -0.05) is 152 Å². The number of hydrogen-bond acceptors (Lipinski definition) is 1. The van der Waals surface area contributed by atoms with Crippen LogP contribution in [0, 0.1) is 23.2 Å². The lowest BCUT2D eigenvalue weighted by molar-refractivity contribution is -0.273. The number of aromatic nitrogens is 1. The van der Waals surface area contributed by atoms with E-state index in [1.807, 2.05) is 0 Å². The van der Waals surface area contributed by atoms with Crippen molar-refractivity contribution in [1.82, 2.24) is 4.57 Å².